The number of alkyl halides is 2. The van der Waals surface area contributed by atoms with Crippen LogP contribution in [-0.2, 0) is 9.53 Å². The molecule has 0 saturated heterocycles. The second-order valence-corrected chi connectivity index (χ2v) is 2.84. The van der Waals surface area contributed by atoms with Crippen LogP contribution in [0.1, 0.15) is 19.8 Å². The fourth-order valence-electron chi connectivity index (χ4n) is 1.34. The highest BCUT2D eigenvalue weighted by molar-refractivity contribution is 5.84. The number of rotatable bonds is 2. The Kier molecular flexibility index (Phi) is 3.14. The Balaban J connectivity index is 2.52. The van der Waals surface area contributed by atoms with Gasteiger partial charge >= 0.3 is 0 Å². The number of hydrogen-bond donors (Lipinski definition) is 0. The van der Waals surface area contributed by atoms with Gasteiger partial charge in [0, 0.05) is 13.0 Å². The van der Waals surface area contributed by atoms with Crippen molar-refractivity contribution in [1.82, 2.24) is 0 Å². The van der Waals surface area contributed by atoms with E-state index < -0.39 is 24.2 Å². The normalized spacial score (nSPS) is 36.9. The van der Waals surface area contributed by atoms with Crippen LogP contribution in [0.25, 0.3) is 0 Å². The zero-order chi connectivity index (χ0) is 9.14. The Hall–Kier alpha value is -0.510. The number of carbonyl (C=O) groups is 1. The van der Waals surface area contributed by atoms with Crippen molar-refractivity contribution < 1.29 is 18.3 Å². The first-order chi connectivity index (χ1) is 5.66. The lowest BCUT2D eigenvalue weighted by Crippen LogP contribution is -2.43. The van der Waals surface area contributed by atoms with Crippen molar-refractivity contribution in [2.75, 3.05) is 6.61 Å². The molecule has 2 nitrogen and oxygen atoms in total. The third-order valence-electron chi connectivity index (χ3n) is 2.00. The number of carbonyl (C=O) groups excluding carboxylic acids is 1. The molecule has 3 unspecified atom stereocenters. The van der Waals surface area contributed by atoms with Crippen LogP contribution in [0.2, 0.25) is 0 Å². The van der Waals surface area contributed by atoms with E-state index in [2.05, 4.69) is 0 Å². The summed E-state index contributed by atoms with van der Waals surface area (Å²) >= 11 is 0. The second-order valence-electron chi connectivity index (χ2n) is 2.84. The van der Waals surface area contributed by atoms with Gasteiger partial charge in [-0.15, -0.1) is 0 Å². The van der Waals surface area contributed by atoms with Crippen LogP contribution in [0.4, 0.5) is 8.78 Å². The molecule has 4 heteroatoms. The Bertz CT molecular complexity index is 172. The highest BCUT2D eigenvalue weighted by Gasteiger charge is 2.39. The van der Waals surface area contributed by atoms with Crippen LogP contribution in [0, 0.1) is 0 Å². The molecule has 1 aliphatic rings. The van der Waals surface area contributed by atoms with Crippen molar-refractivity contribution in [3.63, 3.8) is 0 Å². The van der Waals surface area contributed by atoms with Gasteiger partial charge in [-0.2, -0.15) is 0 Å². The minimum atomic E-state index is -1.98. The van der Waals surface area contributed by atoms with Gasteiger partial charge in [0.05, 0.1) is 6.10 Å². The topological polar surface area (TPSA) is 26.3 Å². The minimum absolute atomic E-state index is 0.0895. The first kappa shape index (κ1) is 9.58. The van der Waals surface area contributed by atoms with Gasteiger partial charge in [0.15, 0.2) is 18.1 Å². The fourth-order valence-corrected chi connectivity index (χ4v) is 1.34. The highest BCUT2D eigenvalue weighted by atomic mass is 19.2. The molecule has 0 bridgehead atoms. The number of ether oxygens (including phenoxy) is 1. The largest absolute Gasteiger partial charge is 0.375 e. The average molecular weight is 178 g/mol. The Morgan fingerprint density at radius 2 is 2.25 bits per heavy atom. The molecule has 0 amide bonds. The molecule has 0 N–H and O–H groups in total. The summed E-state index contributed by atoms with van der Waals surface area (Å²) in [6.45, 7) is 2.07. The molecular formula is C8H12F2O2. The summed E-state index contributed by atoms with van der Waals surface area (Å²) in [6.07, 6.45) is -4.09. The third-order valence-corrected chi connectivity index (χ3v) is 2.00. The van der Waals surface area contributed by atoms with Crippen LogP contribution in [0.15, 0.2) is 0 Å². The Labute approximate surface area is 69.9 Å². The molecule has 1 aliphatic carbocycles. The van der Waals surface area contributed by atoms with Gasteiger partial charge in [-0.05, 0) is 13.3 Å². The van der Waals surface area contributed by atoms with Gasteiger partial charge in [0.2, 0.25) is 0 Å². The van der Waals surface area contributed by atoms with Gasteiger partial charge in [-0.3, -0.25) is 4.79 Å². The minimum Gasteiger partial charge on any atom is -0.375 e. The zero-order valence-corrected chi connectivity index (χ0v) is 6.93. The second kappa shape index (κ2) is 3.94. The molecule has 3 atom stereocenters. The lowest BCUT2D eigenvalue weighted by atomic mass is 9.93. The van der Waals surface area contributed by atoms with Crippen molar-refractivity contribution in [3.05, 3.63) is 0 Å². The standard InChI is InChI=1S/C8H12F2O2/c1-2-12-6-4-3-5(11)7(9)8(6)10/h6-8H,2-4H2,1H3. The van der Waals surface area contributed by atoms with Crippen LogP contribution in [0.3, 0.4) is 0 Å². The van der Waals surface area contributed by atoms with Crippen LogP contribution < -0.4 is 0 Å². The summed E-state index contributed by atoms with van der Waals surface area (Å²) in [6, 6.07) is 0. The molecule has 0 radical (unpaired) electrons. The SMILES string of the molecule is CCOC1CCC(=O)C(F)C1F. The molecule has 12 heavy (non-hydrogen) atoms. The molecule has 1 fully saturated rings. The summed E-state index contributed by atoms with van der Waals surface area (Å²) in [4.78, 5) is 10.7. The molecule has 0 spiro atoms. The number of halogens is 2. The maximum atomic E-state index is 13.0. The lowest BCUT2D eigenvalue weighted by molar-refractivity contribution is -0.136. The summed E-state index contributed by atoms with van der Waals surface area (Å²) in [5.74, 6) is -0.640. The summed E-state index contributed by atoms with van der Waals surface area (Å²) in [5, 5.41) is 0. The van der Waals surface area contributed by atoms with Crippen LogP contribution >= 0.6 is 0 Å². The summed E-state index contributed by atoms with van der Waals surface area (Å²) in [5.41, 5.74) is 0. The van der Waals surface area contributed by atoms with E-state index in [1.807, 2.05) is 0 Å². The molecule has 0 heterocycles. The van der Waals surface area contributed by atoms with Gasteiger partial charge in [0.1, 0.15) is 0 Å². The van der Waals surface area contributed by atoms with Crippen LogP contribution in [-0.4, -0.2) is 30.8 Å². The molecule has 1 rings (SSSR count). The maximum absolute atomic E-state index is 13.0. The lowest BCUT2D eigenvalue weighted by Gasteiger charge is -2.27. The zero-order valence-electron chi connectivity index (χ0n) is 6.93. The van der Waals surface area contributed by atoms with Crippen molar-refractivity contribution in [2.24, 2.45) is 0 Å². The van der Waals surface area contributed by atoms with Crippen LogP contribution in [0.5, 0.6) is 0 Å². The van der Waals surface area contributed by atoms with Gasteiger partial charge in [-0.1, -0.05) is 0 Å². The Morgan fingerprint density at radius 1 is 1.58 bits per heavy atom. The van der Waals surface area contributed by atoms with Crippen molar-refractivity contribution >= 4 is 5.78 Å². The number of hydrogen-bond acceptors (Lipinski definition) is 2. The fraction of sp³-hybridized carbons (Fsp3) is 0.875. The van der Waals surface area contributed by atoms with Gasteiger partial charge < -0.3 is 4.74 Å². The van der Waals surface area contributed by atoms with Crippen molar-refractivity contribution in [2.45, 2.75) is 38.2 Å². The molecular weight excluding hydrogens is 166 g/mol. The van der Waals surface area contributed by atoms with E-state index in [0.717, 1.165) is 0 Å². The monoisotopic (exact) mass is 178 g/mol. The highest BCUT2D eigenvalue weighted by Crippen LogP contribution is 2.24. The molecule has 0 aromatic rings. The first-order valence-corrected chi connectivity index (χ1v) is 4.09. The smallest absolute Gasteiger partial charge is 0.192 e. The predicted octanol–water partition coefficient (Wildman–Crippen LogP) is 1.43. The van der Waals surface area contributed by atoms with E-state index in [-0.39, 0.29) is 6.42 Å². The number of Topliss-reactive ketones (excluding diaryl/α,β-unsaturated/α-hetero) is 1. The molecule has 0 aromatic carbocycles. The van der Waals surface area contributed by atoms with Gasteiger partial charge in [-0.25, -0.2) is 8.78 Å². The van der Waals surface area contributed by atoms with Crippen molar-refractivity contribution in [1.29, 1.82) is 0 Å². The number of ketones is 1. The van der Waals surface area contributed by atoms with E-state index in [1.54, 1.807) is 6.92 Å². The molecule has 0 aromatic heterocycles. The summed E-state index contributed by atoms with van der Waals surface area (Å²) in [7, 11) is 0. The van der Waals surface area contributed by atoms with E-state index in [9.17, 15) is 13.6 Å². The third kappa shape index (κ3) is 1.80. The molecule has 70 valence electrons. The molecule has 1 saturated carbocycles. The molecule has 0 aliphatic heterocycles. The van der Waals surface area contributed by atoms with E-state index in [0.29, 0.717) is 13.0 Å². The quantitative estimate of drug-likeness (QED) is 0.639. The van der Waals surface area contributed by atoms with Crippen molar-refractivity contribution in [3.8, 4) is 0 Å². The summed E-state index contributed by atoms with van der Waals surface area (Å²) < 4.78 is 30.6. The van der Waals surface area contributed by atoms with E-state index in [1.165, 1.54) is 0 Å². The average Bonchev–Trinajstić information content (AvgIpc) is 2.07. The van der Waals surface area contributed by atoms with E-state index in [4.69, 9.17) is 4.74 Å². The van der Waals surface area contributed by atoms with Gasteiger partial charge in [0.25, 0.3) is 0 Å². The van der Waals surface area contributed by atoms with E-state index >= 15 is 0 Å². The predicted molar refractivity (Wildman–Crippen MR) is 39.4 cm³/mol. The Morgan fingerprint density at radius 3 is 2.83 bits per heavy atom. The first-order valence-electron chi connectivity index (χ1n) is 4.09. The maximum Gasteiger partial charge on any atom is 0.192 e.